The van der Waals surface area contributed by atoms with E-state index in [2.05, 4.69) is 15.3 Å². The van der Waals surface area contributed by atoms with Crippen molar-refractivity contribution in [1.82, 2.24) is 15.3 Å². The topological polar surface area (TPSA) is 70.9 Å². The van der Waals surface area contributed by atoms with Crippen LogP contribution in [0.3, 0.4) is 0 Å². The zero-order chi connectivity index (χ0) is 15.5. The van der Waals surface area contributed by atoms with Crippen LogP contribution < -0.4 is 5.32 Å². The Hall–Kier alpha value is -1.92. The zero-order valence-electron chi connectivity index (χ0n) is 11.8. The number of nitrogens with one attached hydrogen (secondary N) is 2. The SMILES string of the molecule is C[C@H](NC(=O)CSc1nc2ccc(Cl)cc2[nH]1)c1ccco1. The molecule has 7 heteroatoms. The molecule has 22 heavy (non-hydrogen) atoms. The minimum atomic E-state index is -0.155. The van der Waals surface area contributed by atoms with Crippen molar-refractivity contribution in [2.75, 3.05) is 5.75 Å². The van der Waals surface area contributed by atoms with Crippen LogP contribution in [0.25, 0.3) is 11.0 Å². The van der Waals surface area contributed by atoms with E-state index in [-0.39, 0.29) is 17.7 Å². The Morgan fingerprint density at radius 2 is 2.36 bits per heavy atom. The molecule has 0 unspecified atom stereocenters. The van der Waals surface area contributed by atoms with Crippen molar-refractivity contribution in [2.24, 2.45) is 0 Å². The average Bonchev–Trinajstić information content (AvgIpc) is 3.13. The van der Waals surface area contributed by atoms with Gasteiger partial charge in [-0.3, -0.25) is 4.79 Å². The molecule has 0 radical (unpaired) electrons. The van der Waals surface area contributed by atoms with Crippen molar-refractivity contribution >= 4 is 40.3 Å². The molecular formula is C15H14ClN3O2S. The van der Waals surface area contributed by atoms with Gasteiger partial charge in [-0.2, -0.15) is 0 Å². The number of halogens is 1. The van der Waals surface area contributed by atoms with E-state index in [0.717, 1.165) is 16.8 Å². The molecule has 1 atom stereocenters. The van der Waals surface area contributed by atoms with Crippen molar-refractivity contribution < 1.29 is 9.21 Å². The first-order valence-corrected chi connectivity index (χ1v) is 8.09. The van der Waals surface area contributed by atoms with Crippen LogP contribution in [0.5, 0.6) is 0 Å². The number of hydrogen-bond donors (Lipinski definition) is 2. The Morgan fingerprint density at radius 3 is 3.14 bits per heavy atom. The molecule has 0 saturated carbocycles. The number of carbonyl (C=O) groups excluding carboxylic acids is 1. The summed E-state index contributed by atoms with van der Waals surface area (Å²) in [6.07, 6.45) is 1.59. The fourth-order valence-electron chi connectivity index (χ4n) is 2.05. The lowest BCUT2D eigenvalue weighted by Crippen LogP contribution is -2.27. The van der Waals surface area contributed by atoms with Crippen LogP contribution in [0.4, 0.5) is 0 Å². The minimum absolute atomic E-state index is 0.0765. The molecule has 0 aliphatic carbocycles. The Bertz CT molecular complexity index is 785. The number of rotatable bonds is 5. The van der Waals surface area contributed by atoms with Crippen molar-refractivity contribution in [2.45, 2.75) is 18.1 Å². The molecule has 0 aliphatic heterocycles. The van der Waals surface area contributed by atoms with E-state index >= 15 is 0 Å². The molecule has 1 amide bonds. The van der Waals surface area contributed by atoms with Crippen LogP contribution in [-0.4, -0.2) is 21.6 Å². The van der Waals surface area contributed by atoms with Gasteiger partial charge in [-0.25, -0.2) is 4.98 Å². The lowest BCUT2D eigenvalue weighted by atomic mass is 10.2. The highest BCUT2D eigenvalue weighted by Gasteiger charge is 2.13. The number of benzene rings is 1. The van der Waals surface area contributed by atoms with Crippen LogP contribution in [-0.2, 0) is 4.79 Å². The summed E-state index contributed by atoms with van der Waals surface area (Å²) in [5.41, 5.74) is 1.69. The maximum Gasteiger partial charge on any atom is 0.231 e. The number of amides is 1. The number of furan rings is 1. The van der Waals surface area contributed by atoms with Gasteiger partial charge in [0, 0.05) is 5.02 Å². The molecule has 0 aliphatic rings. The summed E-state index contributed by atoms with van der Waals surface area (Å²) in [7, 11) is 0. The number of H-pyrrole nitrogens is 1. The van der Waals surface area contributed by atoms with E-state index in [9.17, 15) is 4.79 Å². The average molecular weight is 336 g/mol. The zero-order valence-corrected chi connectivity index (χ0v) is 13.4. The molecule has 1 aromatic carbocycles. The van der Waals surface area contributed by atoms with Crippen molar-refractivity contribution in [3.05, 3.63) is 47.4 Å². The Morgan fingerprint density at radius 1 is 1.50 bits per heavy atom. The van der Waals surface area contributed by atoms with E-state index in [0.29, 0.717) is 10.2 Å². The second-order valence-electron chi connectivity index (χ2n) is 4.80. The van der Waals surface area contributed by atoms with E-state index in [1.54, 1.807) is 18.4 Å². The van der Waals surface area contributed by atoms with E-state index in [1.165, 1.54) is 11.8 Å². The normalized spacial score (nSPS) is 12.5. The highest BCUT2D eigenvalue weighted by molar-refractivity contribution is 7.99. The highest BCUT2D eigenvalue weighted by Crippen LogP contribution is 2.22. The smallest absolute Gasteiger partial charge is 0.231 e. The molecule has 114 valence electrons. The van der Waals surface area contributed by atoms with Crippen molar-refractivity contribution in [3.63, 3.8) is 0 Å². The van der Waals surface area contributed by atoms with Crippen LogP contribution in [0, 0.1) is 0 Å². The van der Waals surface area contributed by atoms with Crippen LogP contribution in [0.15, 0.2) is 46.2 Å². The summed E-state index contributed by atoms with van der Waals surface area (Å²) in [5.74, 6) is 0.933. The molecule has 0 bridgehead atoms. The summed E-state index contributed by atoms with van der Waals surface area (Å²) in [6, 6.07) is 8.92. The van der Waals surface area contributed by atoms with Crippen LogP contribution in [0.2, 0.25) is 5.02 Å². The Labute approximate surface area is 136 Å². The fourth-order valence-corrected chi connectivity index (χ4v) is 2.92. The largest absolute Gasteiger partial charge is 0.467 e. The van der Waals surface area contributed by atoms with Gasteiger partial charge in [0.25, 0.3) is 0 Å². The summed E-state index contributed by atoms with van der Waals surface area (Å²) in [5, 5.41) is 4.22. The van der Waals surface area contributed by atoms with Gasteiger partial charge in [0.05, 0.1) is 29.1 Å². The molecule has 0 saturated heterocycles. The quantitative estimate of drug-likeness (QED) is 0.696. The van der Waals surface area contributed by atoms with E-state index in [1.807, 2.05) is 25.1 Å². The minimum Gasteiger partial charge on any atom is -0.467 e. The van der Waals surface area contributed by atoms with Gasteiger partial charge in [-0.15, -0.1) is 0 Å². The van der Waals surface area contributed by atoms with Gasteiger partial charge in [-0.05, 0) is 37.3 Å². The van der Waals surface area contributed by atoms with Crippen molar-refractivity contribution in [1.29, 1.82) is 0 Å². The van der Waals surface area contributed by atoms with Gasteiger partial charge in [0.2, 0.25) is 5.91 Å². The van der Waals surface area contributed by atoms with Gasteiger partial charge >= 0.3 is 0 Å². The second-order valence-corrected chi connectivity index (χ2v) is 6.20. The Kier molecular flexibility index (Phi) is 4.40. The molecule has 2 N–H and O–H groups in total. The number of thioether (sulfide) groups is 1. The molecule has 0 spiro atoms. The Balaban J connectivity index is 1.58. The first-order chi connectivity index (χ1) is 10.6. The standard InChI is InChI=1S/C15H14ClN3O2S/c1-9(13-3-2-6-21-13)17-14(20)8-22-15-18-11-5-4-10(16)7-12(11)19-15/h2-7,9H,8H2,1H3,(H,17,20)(H,18,19)/t9-/m0/s1. The first-order valence-electron chi connectivity index (χ1n) is 6.72. The number of nitrogens with zero attached hydrogens (tertiary/aromatic N) is 1. The third-order valence-corrected chi connectivity index (χ3v) is 4.22. The molecule has 3 aromatic rings. The maximum atomic E-state index is 12.0. The van der Waals surface area contributed by atoms with E-state index < -0.39 is 0 Å². The van der Waals surface area contributed by atoms with Crippen LogP contribution >= 0.6 is 23.4 Å². The molecule has 2 aromatic heterocycles. The lowest BCUT2D eigenvalue weighted by Gasteiger charge is -2.10. The molecule has 0 fully saturated rings. The third-order valence-electron chi connectivity index (χ3n) is 3.11. The maximum absolute atomic E-state index is 12.0. The number of carbonyl (C=O) groups is 1. The monoisotopic (exact) mass is 335 g/mol. The third kappa shape index (κ3) is 3.45. The van der Waals surface area contributed by atoms with E-state index in [4.69, 9.17) is 16.0 Å². The summed E-state index contributed by atoms with van der Waals surface area (Å²) in [4.78, 5) is 19.5. The second kappa shape index (κ2) is 6.46. The fraction of sp³-hybridized carbons (Fsp3) is 0.200. The first kappa shape index (κ1) is 15.0. The predicted octanol–water partition coefficient (Wildman–Crippen LogP) is 3.78. The van der Waals surface area contributed by atoms with Crippen LogP contribution in [0.1, 0.15) is 18.7 Å². The summed E-state index contributed by atoms with van der Waals surface area (Å²) in [6.45, 7) is 1.88. The number of hydrogen-bond acceptors (Lipinski definition) is 4. The number of fused-ring (bicyclic) bond motifs is 1. The summed E-state index contributed by atoms with van der Waals surface area (Å²) >= 11 is 7.28. The number of aromatic amines is 1. The highest BCUT2D eigenvalue weighted by atomic mass is 35.5. The lowest BCUT2D eigenvalue weighted by molar-refractivity contribution is -0.119. The molecular weight excluding hydrogens is 322 g/mol. The van der Waals surface area contributed by atoms with Gasteiger partial charge in [-0.1, -0.05) is 23.4 Å². The van der Waals surface area contributed by atoms with Gasteiger partial charge in [0.1, 0.15) is 5.76 Å². The predicted molar refractivity (Wildman–Crippen MR) is 87.1 cm³/mol. The number of imidazole rings is 1. The molecule has 5 nitrogen and oxygen atoms in total. The van der Waals surface area contributed by atoms with Gasteiger partial charge < -0.3 is 14.7 Å². The summed E-state index contributed by atoms with van der Waals surface area (Å²) < 4.78 is 5.26. The number of aromatic nitrogens is 2. The van der Waals surface area contributed by atoms with Crippen molar-refractivity contribution in [3.8, 4) is 0 Å². The molecule has 3 rings (SSSR count). The van der Waals surface area contributed by atoms with Gasteiger partial charge in [0.15, 0.2) is 5.16 Å². The molecule has 2 heterocycles.